The molecule has 3 amide bonds. The second-order valence-corrected chi connectivity index (χ2v) is 11.2. The van der Waals surface area contributed by atoms with Gasteiger partial charge >= 0.3 is 6.09 Å². The molecule has 48 heavy (non-hydrogen) atoms. The van der Waals surface area contributed by atoms with E-state index in [1.165, 1.54) is 30.3 Å². The molecule has 3 aromatic heterocycles. The summed E-state index contributed by atoms with van der Waals surface area (Å²) in [5, 5.41) is 20.2. The molecule has 5 aromatic rings. The zero-order chi connectivity index (χ0) is 33.6. The number of ether oxygens (including phenoxy) is 1. The third kappa shape index (κ3) is 7.53. The second kappa shape index (κ2) is 14.2. The monoisotopic (exact) mass is 670 g/mol. The lowest BCUT2D eigenvalue weighted by Crippen LogP contribution is -2.28. The quantitative estimate of drug-likeness (QED) is 0.191. The maximum absolute atomic E-state index is 14.7. The third-order valence-electron chi connectivity index (χ3n) is 7.51. The summed E-state index contributed by atoms with van der Waals surface area (Å²) in [6.07, 6.45) is 6.08. The number of hydrogen-bond donors (Lipinski definition) is 4. The van der Waals surface area contributed by atoms with E-state index in [1.54, 1.807) is 54.7 Å². The zero-order valence-corrected chi connectivity index (χ0v) is 26.2. The van der Waals surface area contributed by atoms with E-state index in [4.69, 9.17) is 11.6 Å². The Hall–Kier alpha value is -5.96. The number of amides is 3. The highest BCUT2D eigenvalue weighted by Gasteiger charge is 2.21. The first-order chi connectivity index (χ1) is 23.2. The number of aromatic amines is 1. The topological polar surface area (TPSA) is 182 Å². The van der Waals surface area contributed by atoms with Crippen LogP contribution in [-0.2, 0) is 27.2 Å². The standard InChI is InChI=1S/C32H28ClFN10O4/c1-48-32(47)38-21-4-7-22-26(15-21)40-30(46)13-10-24-23(34)8-5-20(37-24)6-9-25(31-35-16-27(22)41-31)39-29(45)12-2-18-14-19(33)3-11-28(18)44-17-36-42-43-44/h2-5,7-8,11-12,14-17,25H,6,9-10,13H2,1H3,(H,35,41)(H,38,47)(H,39,45)(H,40,46). The fourth-order valence-corrected chi connectivity index (χ4v) is 5.34. The molecule has 4 bridgehead atoms. The van der Waals surface area contributed by atoms with Crippen LogP contribution in [0.25, 0.3) is 23.0 Å². The van der Waals surface area contributed by atoms with Crippen LogP contribution in [0.3, 0.4) is 0 Å². The average molecular weight is 671 g/mol. The summed E-state index contributed by atoms with van der Waals surface area (Å²) in [5.74, 6) is -0.881. The van der Waals surface area contributed by atoms with Crippen molar-refractivity contribution in [1.29, 1.82) is 0 Å². The summed E-state index contributed by atoms with van der Waals surface area (Å²) in [7, 11) is 1.24. The molecule has 1 atom stereocenters. The SMILES string of the molecule is COC(=O)Nc1ccc2c(c1)NC(=O)CCc1nc(ccc1F)CCC(NC(=O)C=Cc1cc(Cl)ccc1-n1cnnn1)c1ncc-2[nH]1. The summed E-state index contributed by atoms with van der Waals surface area (Å²) in [6, 6.07) is 12.3. The van der Waals surface area contributed by atoms with Gasteiger partial charge in [-0.3, -0.25) is 19.9 Å². The van der Waals surface area contributed by atoms with Crippen LogP contribution in [0.15, 0.2) is 67.1 Å². The lowest BCUT2D eigenvalue weighted by molar-refractivity contribution is -0.117. The second-order valence-electron chi connectivity index (χ2n) is 10.7. The van der Waals surface area contributed by atoms with Crippen molar-refractivity contribution in [3.8, 4) is 16.9 Å². The molecule has 6 rings (SSSR count). The van der Waals surface area contributed by atoms with Crippen molar-refractivity contribution in [3.05, 3.63) is 101 Å². The van der Waals surface area contributed by atoms with Gasteiger partial charge in [0.25, 0.3) is 0 Å². The number of benzene rings is 2. The van der Waals surface area contributed by atoms with Gasteiger partial charge in [-0.2, -0.15) is 4.68 Å². The Balaban J connectivity index is 1.33. The Morgan fingerprint density at radius 1 is 1.12 bits per heavy atom. The summed E-state index contributed by atoms with van der Waals surface area (Å²) in [5.41, 5.74) is 3.82. The van der Waals surface area contributed by atoms with Crippen LogP contribution < -0.4 is 16.0 Å². The summed E-state index contributed by atoms with van der Waals surface area (Å²) in [6.45, 7) is 0. The first kappa shape index (κ1) is 32.0. The minimum absolute atomic E-state index is 0.0392. The first-order valence-corrected chi connectivity index (χ1v) is 15.1. The minimum atomic E-state index is -0.682. The maximum Gasteiger partial charge on any atom is 0.411 e. The number of methoxy groups -OCH3 is 1. The van der Waals surface area contributed by atoms with E-state index in [2.05, 4.69) is 51.2 Å². The smallest absolute Gasteiger partial charge is 0.411 e. The van der Waals surface area contributed by atoms with E-state index in [0.29, 0.717) is 63.3 Å². The molecule has 0 radical (unpaired) electrons. The Morgan fingerprint density at radius 2 is 2.00 bits per heavy atom. The molecule has 1 unspecified atom stereocenters. The molecule has 1 aliphatic heterocycles. The van der Waals surface area contributed by atoms with E-state index in [1.807, 2.05) is 0 Å². The molecule has 4 heterocycles. The predicted octanol–water partition coefficient (Wildman–Crippen LogP) is 4.81. The van der Waals surface area contributed by atoms with Crippen LogP contribution >= 0.6 is 11.6 Å². The third-order valence-corrected chi connectivity index (χ3v) is 7.75. The summed E-state index contributed by atoms with van der Waals surface area (Å²) < 4.78 is 20.8. The van der Waals surface area contributed by atoms with Crippen molar-refractivity contribution >= 4 is 47.0 Å². The van der Waals surface area contributed by atoms with Gasteiger partial charge in [-0.15, -0.1) is 5.10 Å². The van der Waals surface area contributed by atoms with E-state index < -0.39 is 23.9 Å². The van der Waals surface area contributed by atoms with Crippen molar-refractivity contribution in [2.24, 2.45) is 0 Å². The molecule has 0 spiro atoms. The van der Waals surface area contributed by atoms with Crippen molar-refractivity contribution in [1.82, 2.24) is 40.5 Å². The molecular weight excluding hydrogens is 643 g/mol. The molecule has 16 heteroatoms. The number of carbonyl (C=O) groups is 3. The van der Waals surface area contributed by atoms with Gasteiger partial charge in [-0.1, -0.05) is 11.6 Å². The highest BCUT2D eigenvalue weighted by atomic mass is 35.5. The Bertz CT molecular complexity index is 2010. The molecule has 1 aliphatic rings. The van der Waals surface area contributed by atoms with E-state index in [0.717, 1.165) is 0 Å². The molecule has 0 saturated carbocycles. The minimum Gasteiger partial charge on any atom is -0.453 e. The number of carbonyl (C=O) groups excluding carboxylic acids is 3. The van der Waals surface area contributed by atoms with Crippen molar-refractivity contribution in [2.75, 3.05) is 17.7 Å². The van der Waals surface area contributed by atoms with Gasteiger partial charge in [0.1, 0.15) is 18.0 Å². The summed E-state index contributed by atoms with van der Waals surface area (Å²) >= 11 is 6.23. The van der Waals surface area contributed by atoms with Gasteiger partial charge < -0.3 is 20.4 Å². The van der Waals surface area contributed by atoms with Gasteiger partial charge in [-0.05, 0) is 77.9 Å². The number of hydrogen-bond acceptors (Lipinski definition) is 9. The van der Waals surface area contributed by atoms with E-state index in [-0.39, 0.29) is 24.4 Å². The van der Waals surface area contributed by atoms with Crippen molar-refractivity contribution < 1.29 is 23.5 Å². The molecule has 244 valence electrons. The Kier molecular flexibility index (Phi) is 9.47. The number of anilines is 2. The molecule has 0 saturated heterocycles. The Labute approximate surface area is 277 Å². The number of aryl methyl sites for hydroxylation is 2. The highest BCUT2D eigenvalue weighted by molar-refractivity contribution is 6.30. The predicted molar refractivity (Wildman–Crippen MR) is 174 cm³/mol. The van der Waals surface area contributed by atoms with Crippen LogP contribution in [0.1, 0.15) is 41.7 Å². The molecular formula is C32H28ClFN10O4. The van der Waals surface area contributed by atoms with Gasteiger partial charge in [-0.25, -0.2) is 14.2 Å². The number of tetrazole rings is 1. The Morgan fingerprint density at radius 3 is 2.81 bits per heavy atom. The number of H-pyrrole nitrogens is 1. The normalized spacial score (nSPS) is 14.7. The molecule has 2 aromatic carbocycles. The van der Waals surface area contributed by atoms with Gasteiger partial charge in [0, 0.05) is 46.4 Å². The molecule has 4 N–H and O–H groups in total. The average Bonchev–Trinajstić information content (AvgIpc) is 3.79. The van der Waals surface area contributed by atoms with Crippen molar-refractivity contribution in [2.45, 2.75) is 31.7 Å². The number of halogens is 2. The van der Waals surface area contributed by atoms with Gasteiger partial charge in [0.2, 0.25) is 11.8 Å². The number of rotatable bonds is 5. The number of nitrogens with zero attached hydrogens (tertiary/aromatic N) is 6. The number of fused-ring (bicyclic) bond motifs is 6. The lowest BCUT2D eigenvalue weighted by Gasteiger charge is -2.16. The van der Waals surface area contributed by atoms with Gasteiger partial charge in [0.15, 0.2) is 0 Å². The number of aromatic nitrogens is 7. The largest absolute Gasteiger partial charge is 0.453 e. The number of imidazole rings is 1. The number of pyridine rings is 1. The maximum atomic E-state index is 14.7. The number of nitrogens with one attached hydrogen (secondary N) is 4. The van der Waals surface area contributed by atoms with Crippen molar-refractivity contribution in [3.63, 3.8) is 0 Å². The molecule has 14 nitrogen and oxygen atoms in total. The van der Waals surface area contributed by atoms with Crippen LogP contribution in [-0.4, -0.2) is 60.2 Å². The van der Waals surface area contributed by atoms with E-state index in [9.17, 15) is 18.8 Å². The molecule has 0 fully saturated rings. The lowest BCUT2D eigenvalue weighted by atomic mass is 10.1. The van der Waals surface area contributed by atoms with Gasteiger partial charge in [0.05, 0.1) is 42.1 Å². The van der Waals surface area contributed by atoms with Crippen LogP contribution in [0.2, 0.25) is 5.02 Å². The summed E-state index contributed by atoms with van der Waals surface area (Å²) in [4.78, 5) is 50.5. The van der Waals surface area contributed by atoms with Crippen LogP contribution in [0.4, 0.5) is 20.6 Å². The van der Waals surface area contributed by atoms with Crippen LogP contribution in [0, 0.1) is 5.82 Å². The first-order valence-electron chi connectivity index (χ1n) is 14.8. The fourth-order valence-electron chi connectivity index (χ4n) is 5.16. The highest BCUT2D eigenvalue weighted by Crippen LogP contribution is 2.32. The van der Waals surface area contributed by atoms with E-state index >= 15 is 0 Å². The fraction of sp³-hybridized carbons (Fsp3) is 0.188. The van der Waals surface area contributed by atoms with Crippen LogP contribution in [0.5, 0.6) is 0 Å². The zero-order valence-electron chi connectivity index (χ0n) is 25.4. The molecule has 0 aliphatic carbocycles.